The molecule has 0 saturated heterocycles. The molecule has 4 N–H and O–H groups in total. The Kier molecular flexibility index (Phi) is 15.0. The molecule has 0 unspecified atom stereocenters. The molecular weight excluding hydrogens is 721 g/mol. The van der Waals surface area contributed by atoms with Crippen molar-refractivity contribution >= 4 is 5.69 Å². The van der Waals surface area contributed by atoms with Gasteiger partial charge in [-0.15, -0.1) is 0 Å². The standard InChI is InChI=1S/C15H15NO.C12H8O.C8H7NO.C8H8O.C6H6O.C2H6/c1-12-7-8-15-13(9-12)10-16(11-17-15)14-5-3-2-4-6-14;13-8-5-6-11-9-3-1-2-4-10(9)12(11)7-8;1-6-4-8(10)3-2-7(6)5-9;9-8-3-1-2-6-4-5-7(6)8;7-6-4-2-1-3-5-6;1-2/h2-9H,10-11H2,1H3;1-7,13H;2-4,10H,1H3;1-3,9H,4-5H2;1-5,7H;1-2H3. The Bertz CT molecular complexity index is 2430. The number of hydrogen-bond donors (Lipinski definition) is 4. The first-order chi connectivity index (χ1) is 28.2. The average molecular weight is 771 g/mol. The van der Waals surface area contributed by atoms with Gasteiger partial charge in [0, 0.05) is 17.8 Å². The number of para-hydroxylation sites is 2. The molecule has 0 bridgehead atoms. The van der Waals surface area contributed by atoms with Gasteiger partial charge in [-0.1, -0.05) is 110 Å². The van der Waals surface area contributed by atoms with Crippen LogP contribution in [-0.4, -0.2) is 27.2 Å². The molecule has 7 nitrogen and oxygen atoms in total. The minimum Gasteiger partial charge on any atom is -0.508 e. The van der Waals surface area contributed by atoms with Crippen LogP contribution in [0.1, 0.15) is 47.2 Å². The summed E-state index contributed by atoms with van der Waals surface area (Å²) in [4.78, 5) is 2.24. The number of anilines is 1. The van der Waals surface area contributed by atoms with E-state index in [2.05, 4.69) is 72.5 Å². The van der Waals surface area contributed by atoms with Crippen LogP contribution in [0, 0.1) is 25.2 Å². The van der Waals surface area contributed by atoms with E-state index >= 15 is 0 Å². The molecule has 10 rings (SSSR count). The van der Waals surface area contributed by atoms with Gasteiger partial charge >= 0.3 is 0 Å². The number of phenols is 4. The van der Waals surface area contributed by atoms with Crippen molar-refractivity contribution in [3.05, 3.63) is 191 Å². The van der Waals surface area contributed by atoms with E-state index in [1.165, 1.54) is 45.1 Å². The van der Waals surface area contributed by atoms with E-state index < -0.39 is 0 Å². The van der Waals surface area contributed by atoms with Crippen molar-refractivity contribution in [2.24, 2.45) is 0 Å². The molecular formula is C51H50N2O5. The van der Waals surface area contributed by atoms with Crippen molar-refractivity contribution in [2.75, 3.05) is 11.6 Å². The van der Waals surface area contributed by atoms with Gasteiger partial charge in [0.05, 0.1) is 11.6 Å². The van der Waals surface area contributed by atoms with Crippen molar-refractivity contribution in [2.45, 2.75) is 47.1 Å². The Balaban J connectivity index is 0.000000141. The van der Waals surface area contributed by atoms with E-state index in [1.807, 2.05) is 62.4 Å². The van der Waals surface area contributed by atoms with E-state index in [0.29, 0.717) is 29.5 Å². The number of aromatic hydroxyl groups is 4. The molecule has 294 valence electrons. The lowest BCUT2D eigenvalue weighted by molar-refractivity contribution is 0.289. The largest absolute Gasteiger partial charge is 0.508 e. The van der Waals surface area contributed by atoms with E-state index in [4.69, 9.17) is 25.3 Å². The van der Waals surface area contributed by atoms with Crippen LogP contribution in [0.5, 0.6) is 28.7 Å². The first-order valence-electron chi connectivity index (χ1n) is 19.4. The van der Waals surface area contributed by atoms with Crippen molar-refractivity contribution in [1.29, 1.82) is 5.26 Å². The fraction of sp³-hybridized carbons (Fsp3) is 0.157. The van der Waals surface area contributed by atoms with Crippen LogP contribution in [0.4, 0.5) is 5.69 Å². The van der Waals surface area contributed by atoms with E-state index in [9.17, 15) is 5.11 Å². The topological polar surface area (TPSA) is 117 Å². The Morgan fingerprint density at radius 3 is 1.76 bits per heavy atom. The summed E-state index contributed by atoms with van der Waals surface area (Å²) >= 11 is 0. The SMILES string of the molecule is CC.Cc1cc(O)ccc1C#N.Cc1ccc2c(c1)CN(c1ccccc1)CO2.Oc1ccc2c(c1)-c1ccccc1-2.Oc1cccc2c1CC2.Oc1ccccc1. The fourth-order valence-electron chi connectivity index (χ4n) is 6.48. The van der Waals surface area contributed by atoms with Gasteiger partial charge in [0.2, 0.25) is 0 Å². The van der Waals surface area contributed by atoms with Gasteiger partial charge < -0.3 is 30.1 Å². The van der Waals surface area contributed by atoms with Crippen LogP contribution in [-0.2, 0) is 19.4 Å². The van der Waals surface area contributed by atoms with Crippen molar-refractivity contribution < 1.29 is 25.2 Å². The maximum atomic E-state index is 9.30. The molecule has 0 radical (unpaired) electrons. The third kappa shape index (κ3) is 11.0. The summed E-state index contributed by atoms with van der Waals surface area (Å²) in [7, 11) is 0. The Labute approximate surface area is 342 Å². The minimum atomic E-state index is 0.205. The summed E-state index contributed by atoms with van der Waals surface area (Å²) in [6.07, 6.45) is 2.20. The zero-order valence-corrected chi connectivity index (χ0v) is 33.4. The summed E-state index contributed by atoms with van der Waals surface area (Å²) in [6, 6.07) is 51.6. The maximum Gasteiger partial charge on any atom is 0.161 e. The van der Waals surface area contributed by atoms with Gasteiger partial charge in [0.15, 0.2) is 6.73 Å². The number of benzene rings is 7. The number of nitriles is 1. The predicted octanol–water partition coefficient (Wildman–Crippen LogP) is 11.9. The highest BCUT2D eigenvalue weighted by Crippen LogP contribution is 2.47. The smallest absolute Gasteiger partial charge is 0.161 e. The molecule has 2 aliphatic carbocycles. The second-order valence-electron chi connectivity index (χ2n) is 13.6. The van der Waals surface area contributed by atoms with Crippen LogP contribution in [0.15, 0.2) is 158 Å². The summed E-state index contributed by atoms with van der Waals surface area (Å²) in [6.45, 7) is 9.45. The van der Waals surface area contributed by atoms with Crippen LogP contribution in [0.3, 0.4) is 0 Å². The van der Waals surface area contributed by atoms with Gasteiger partial charge in [-0.25, -0.2) is 0 Å². The van der Waals surface area contributed by atoms with Crippen LogP contribution in [0.2, 0.25) is 0 Å². The summed E-state index contributed by atoms with van der Waals surface area (Å²) in [5, 5.41) is 44.5. The molecule has 3 aliphatic rings. The molecule has 7 aromatic carbocycles. The van der Waals surface area contributed by atoms with Gasteiger partial charge in [-0.05, 0) is 132 Å². The average Bonchev–Trinajstić information content (AvgIpc) is 3.23. The Morgan fingerprint density at radius 2 is 1.17 bits per heavy atom. The lowest BCUT2D eigenvalue weighted by Gasteiger charge is -2.30. The van der Waals surface area contributed by atoms with Crippen LogP contribution < -0.4 is 9.64 Å². The highest BCUT2D eigenvalue weighted by atomic mass is 16.5. The molecule has 0 atom stereocenters. The van der Waals surface area contributed by atoms with E-state index in [0.717, 1.165) is 41.8 Å². The summed E-state index contributed by atoms with van der Waals surface area (Å²) in [5.41, 5.74) is 12.6. The highest BCUT2D eigenvalue weighted by Gasteiger charge is 2.21. The number of hydrogen-bond acceptors (Lipinski definition) is 7. The Morgan fingerprint density at radius 1 is 0.552 bits per heavy atom. The van der Waals surface area contributed by atoms with Crippen LogP contribution in [0.25, 0.3) is 22.3 Å². The monoisotopic (exact) mass is 770 g/mol. The van der Waals surface area contributed by atoms with Gasteiger partial charge in [-0.3, -0.25) is 0 Å². The second kappa shape index (κ2) is 20.7. The number of aryl methyl sites for hydroxylation is 3. The lowest BCUT2D eigenvalue weighted by Crippen LogP contribution is -2.31. The molecule has 0 saturated carbocycles. The predicted molar refractivity (Wildman–Crippen MR) is 234 cm³/mol. The molecule has 0 aromatic heterocycles. The minimum absolute atomic E-state index is 0.205. The molecule has 1 aliphatic heterocycles. The quantitative estimate of drug-likeness (QED) is 0.131. The molecule has 7 aromatic rings. The lowest BCUT2D eigenvalue weighted by atomic mass is 9.81. The first-order valence-corrected chi connectivity index (χ1v) is 19.4. The zero-order chi connectivity index (χ0) is 41.4. The van der Waals surface area contributed by atoms with E-state index in [1.54, 1.807) is 55.5 Å². The molecule has 0 amide bonds. The number of rotatable bonds is 1. The summed E-state index contributed by atoms with van der Waals surface area (Å²) in [5.74, 6) is 2.36. The maximum absolute atomic E-state index is 9.30. The van der Waals surface area contributed by atoms with Gasteiger partial charge in [0.25, 0.3) is 0 Å². The molecule has 1 heterocycles. The molecule has 7 heteroatoms. The first kappa shape index (κ1) is 42.0. The van der Waals surface area contributed by atoms with Crippen molar-refractivity contribution in [1.82, 2.24) is 0 Å². The third-order valence-corrected chi connectivity index (χ3v) is 9.56. The number of ether oxygens (including phenoxy) is 1. The molecule has 58 heavy (non-hydrogen) atoms. The second-order valence-corrected chi connectivity index (χ2v) is 13.6. The fourth-order valence-corrected chi connectivity index (χ4v) is 6.48. The number of phenolic OH excluding ortho intramolecular Hbond substituents is 4. The Hall–Kier alpha value is -7.17. The molecule has 0 spiro atoms. The van der Waals surface area contributed by atoms with Crippen molar-refractivity contribution in [3.63, 3.8) is 0 Å². The van der Waals surface area contributed by atoms with Crippen molar-refractivity contribution in [3.8, 4) is 57.1 Å². The third-order valence-electron chi connectivity index (χ3n) is 9.56. The van der Waals surface area contributed by atoms with Crippen LogP contribution >= 0.6 is 0 Å². The number of fused-ring (bicyclic) bond motifs is 6. The number of nitrogens with zero attached hydrogens (tertiary/aromatic N) is 2. The molecule has 0 fully saturated rings. The zero-order valence-electron chi connectivity index (χ0n) is 33.4. The normalized spacial score (nSPS) is 11.5. The van der Waals surface area contributed by atoms with Gasteiger partial charge in [-0.2, -0.15) is 5.26 Å². The van der Waals surface area contributed by atoms with E-state index in [-0.39, 0.29) is 5.75 Å². The highest BCUT2D eigenvalue weighted by molar-refractivity contribution is 6.02. The van der Waals surface area contributed by atoms with Gasteiger partial charge in [0.1, 0.15) is 28.7 Å². The summed E-state index contributed by atoms with van der Waals surface area (Å²) < 4.78 is 5.77.